The maximum Gasteiger partial charge on any atom is 0.255 e. The van der Waals surface area contributed by atoms with Crippen molar-refractivity contribution in [2.45, 2.75) is 32.2 Å². The lowest BCUT2D eigenvalue weighted by Gasteiger charge is -2.19. The van der Waals surface area contributed by atoms with Crippen LogP contribution in [0.15, 0.2) is 12.1 Å². The first-order valence-electron chi connectivity index (χ1n) is 7.79. The number of amides is 1. The van der Waals surface area contributed by atoms with Crippen LogP contribution in [0.5, 0.6) is 0 Å². The second-order valence-corrected chi connectivity index (χ2v) is 5.86. The van der Waals surface area contributed by atoms with E-state index in [-0.39, 0.29) is 0 Å². The first-order valence-corrected chi connectivity index (χ1v) is 7.79. The van der Waals surface area contributed by atoms with Gasteiger partial charge in [0.1, 0.15) is 0 Å². The maximum absolute atomic E-state index is 12.3. The number of hydrogen-bond acceptors (Lipinski definition) is 3. The monoisotopic (exact) mass is 309 g/mol. The van der Waals surface area contributed by atoms with Gasteiger partial charge in [-0.1, -0.05) is 13.0 Å². The Morgan fingerprint density at radius 3 is 3.05 bits per heavy atom. The van der Waals surface area contributed by atoms with Crippen LogP contribution in [0.4, 0.5) is 14.5 Å². The highest BCUT2D eigenvalue weighted by Crippen LogP contribution is 2.43. The summed E-state index contributed by atoms with van der Waals surface area (Å²) in [7, 11) is 0. The maximum atomic E-state index is 12.3. The molecule has 1 aromatic carbocycles. The van der Waals surface area contributed by atoms with Crippen molar-refractivity contribution >= 4 is 11.6 Å². The van der Waals surface area contributed by atoms with Crippen LogP contribution in [0.3, 0.4) is 0 Å². The molecule has 0 fully saturated rings. The molecule has 1 aromatic rings. The molecular weight excluding hydrogens is 288 g/mol. The molecule has 120 valence electrons. The second-order valence-electron chi connectivity index (χ2n) is 5.86. The van der Waals surface area contributed by atoms with E-state index in [9.17, 15) is 13.6 Å². The summed E-state index contributed by atoms with van der Waals surface area (Å²) in [5, 5.41) is 5.71. The van der Waals surface area contributed by atoms with Crippen molar-refractivity contribution in [3.05, 3.63) is 28.8 Å². The van der Waals surface area contributed by atoms with E-state index >= 15 is 0 Å². The topological polar surface area (TPSA) is 44.4 Å². The molecule has 0 saturated heterocycles. The summed E-state index contributed by atoms with van der Waals surface area (Å²) in [6.07, 6.45) is -1.59. The summed E-state index contributed by atoms with van der Waals surface area (Å²) in [5.41, 5.74) is 3.92. The van der Waals surface area contributed by atoms with E-state index in [1.807, 2.05) is 6.07 Å². The average molecular weight is 309 g/mol. The van der Waals surface area contributed by atoms with Gasteiger partial charge in [0.05, 0.1) is 6.54 Å². The summed E-state index contributed by atoms with van der Waals surface area (Å²) in [5.74, 6) is -0.101. The number of carbonyl (C=O) groups excluding carboxylic acids is 1. The largest absolute Gasteiger partial charge is 0.369 e. The molecule has 0 saturated carbocycles. The molecule has 0 aromatic heterocycles. The Morgan fingerprint density at radius 1 is 1.50 bits per heavy atom. The highest BCUT2D eigenvalue weighted by Gasteiger charge is 2.34. The fraction of sp³-hybridized carbons (Fsp3) is 0.562. The number of nitrogens with zero attached hydrogens (tertiary/aromatic N) is 1. The van der Waals surface area contributed by atoms with Crippen LogP contribution in [0.1, 0.15) is 40.7 Å². The molecule has 2 N–H and O–H groups in total. The zero-order chi connectivity index (χ0) is 15.7. The van der Waals surface area contributed by atoms with E-state index in [0.29, 0.717) is 11.5 Å². The predicted molar refractivity (Wildman–Crippen MR) is 81.7 cm³/mol. The zero-order valence-corrected chi connectivity index (χ0v) is 12.7. The number of nitrogens with one attached hydrogen (secondary N) is 2. The van der Waals surface area contributed by atoms with Crippen molar-refractivity contribution in [1.29, 1.82) is 0 Å². The number of carbonyl (C=O) groups is 1. The molecule has 0 bridgehead atoms. The van der Waals surface area contributed by atoms with Crippen LogP contribution in [0.2, 0.25) is 0 Å². The van der Waals surface area contributed by atoms with Crippen LogP contribution >= 0.6 is 0 Å². The summed E-state index contributed by atoms with van der Waals surface area (Å²) >= 11 is 0. The fourth-order valence-electron chi connectivity index (χ4n) is 3.47. The Kier molecular flexibility index (Phi) is 4.29. The minimum Gasteiger partial charge on any atom is -0.369 e. The number of alkyl halides is 2. The van der Waals surface area contributed by atoms with E-state index in [1.165, 1.54) is 5.56 Å². The molecule has 2 aliphatic rings. The molecule has 22 heavy (non-hydrogen) atoms. The SMILES string of the molecule is CC[C@@H]1CN2CCNCc3ccc(C(=O)NCC(F)F)c1c32. The Bertz CT molecular complexity index is 577. The van der Waals surface area contributed by atoms with Crippen LogP contribution in [0.25, 0.3) is 0 Å². The van der Waals surface area contributed by atoms with Crippen molar-refractivity contribution in [1.82, 2.24) is 10.6 Å². The summed E-state index contributed by atoms with van der Waals surface area (Å²) in [6.45, 7) is 5.02. The lowest BCUT2D eigenvalue weighted by Crippen LogP contribution is -2.29. The molecule has 0 radical (unpaired) electrons. The van der Waals surface area contributed by atoms with Gasteiger partial charge in [-0.3, -0.25) is 4.79 Å². The van der Waals surface area contributed by atoms with Crippen molar-refractivity contribution in [2.75, 3.05) is 31.1 Å². The van der Waals surface area contributed by atoms with E-state index in [0.717, 1.165) is 43.9 Å². The summed E-state index contributed by atoms with van der Waals surface area (Å²) < 4.78 is 24.7. The number of halogens is 2. The van der Waals surface area contributed by atoms with Gasteiger partial charge in [0.25, 0.3) is 12.3 Å². The first-order chi connectivity index (χ1) is 10.6. The molecule has 1 amide bonds. The summed E-state index contributed by atoms with van der Waals surface area (Å²) in [6, 6.07) is 3.73. The second kappa shape index (κ2) is 6.20. The lowest BCUT2D eigenvalue weighted by molar-refractivity contribution is 0.0890. The standard InChI is InChI=1S/C16H21F2N3O/c1-2-10-9-21-6-5-19-7-11-3-4-12(14(10)15(11)21)16(22)20-8-13(17)18/h3-4,10,13,19H,2,5-9H2,1H3,(H,20,22)/t10-/m1/s1. The van der Waals surface area contributed by atoms with Gasteiger partial charge in [0.2, 0.25) is 0 Å². The van der Waals surface area contributed by atoms with Gasteiger partial charge < -0.3 is 15.5 Å². The third-order valence-electron chi connectivity index (χ3n) is 4.49. The Labute approximate surface area is 128 Å². The Balaban J connectivity index is 1.99. The van der Waals surface area contributed by atoms with Crippen molar-refractivity contribution < 1.29 is 13.6 Å². The van der Waals surface area contributed by atoms with Gasteiger partial charge in [-0.2, -0.15) is 0 Å². The van der Waals surface area contributed by atoms with Crippen LogP contribution in [0, 0.1) is 0 Å². The van der Waals surface area contributed by atoms with Gasteiger partial charge in [0.15, 0.2) is 0 Å². The minimum atomic E-state index is -2.53. The number of hydrogen-bond donors (Lipinski definition) is 2. The van der Waals surface area contributed by atoms with E-state index in [4.69, 9.17) is 0 Å². The molecule has 0 aliphatic carbocycles. The number of rotatable bonds is 4. The van der Waals surface area contributed by atoms with Gasteiger partial charge >= 0.3 is 0 Å². The van der Waals surface area contributed by atoms with Gasteiger partial charge in [0, 0.05) is 43.3 Å². The Morgan fingerprint density at radius 2 is 2.32 bits per heavy atom. The van der Waals surface area contributed by atoms with Crippen LogP contribution < -0.4 is 15.5 Å². The molecule has 1 atom stereocenters. The third-order valence-corrected chi connectivity index (χ3v) is 4.49. The van der Waals surface area contributed by atoms with Gasteiger partial charge in [-0.05, 0) is 23.6 Å². The molecule has 6 heteroatoms. The van der Waals surface area contributed by atoms with Gasteiger partial charge in [-0.25, -0.2) is 8.78 Å². The highest BCUT2D eigenvalue weighted by atomic mass is 19.3. The van der Waals surface area contributed by atoms with Crippen molar-refractivity contribution in [3.8, 4) is 0 Å². The molecule has 0 spiro atoms. The highest BCUT2D eigenvalue weighted by molar-refractivity contribution is 5.98. The number of benzene rings is 1. The van der Waals surface area contributed by atoms with E-state index in [2.05, 4.69) is 22.5 Å². The molecule has 2 heterocycles. The zero-order valence-electron chi connectivity index (χ0n) is 12.7. The quantitative estimate of drug-likeness (QED) is 0.895. The predicted octanol–water partition coefficient (Wildman–Crippen LogP) is 2.10. The van der Waals surface area contributed by atoms with Gasteiger partial charge in [-0.15, -0.1) is 0 Å². The normalized spacial score (nSPS) is 20.0. The van der Waals surface area contributed by atoms with Crippen LogP contribution in [-0.4, -0.2) is 38.5 Å². The Hall–Kier alpha value is -1.69. The third kappa shape index (κ3) is 2.67. The molecular formula is C16H21F2N3O. The molecule has 3 rings (SSSR count). The number of anilines is 1. The minimum absolute atomic E-state index is 0.292. The summed E-state index contributed by atoms with van der Waals surface area (Å²) in [4.78, 5) is 14.6. The van der Waals surface area contributed by atoms with E-state index in [1.54, 1.807) is 6.07 Å². The van der Waals surface area contributed by atoms with E-state index < -0.39 is 18.9 Å². The molecule has 0 unspecified atom stereocenters. The smallest absolute Gasteiger partial charge is 0.255 e. The molecule has 4 nitrogen and oxygen atoms in total. The van der Waals surface area contributed by atoms with Crippen molar-refractivity contribution in [2.24, 2.45) is 0 Å². The lowest BCUT2D eigenvalue weighted by atomic mass is 9.91. The average Bonchev–Trinajstić information content (AvgIpc) is 2.75. The van der Waals surface area contributed by atoms with Crippen LogP contribution in [-0.2, 0) is 6.54 Å². The first kappa shape index (κ1) is 15.2. The van der Waals surface area contributed by atoms with Crippen molar-refractivity contribution in [3.63, 3.8) is 0 Å². The molecule has 2 aliphatic heterocycles. The fourth-order valence-corrected chi connectivity index (χ4v) is 3.47.